The van der Waals surface area contributed by atoms with E-state index in [1.54, 1.807) is 19.2 Å². The topological polar surface area (TPSA) is 98.0 Å². The van der Waals surface area contributed by atoms with Crippen LogP contribution in [0.25, 0.3) is 10.2 Å². The van der Waals surface area contributed by atoms with E-state index in [1.165, 1.54) is 23.7 Å². The third-order valence-electron chi connectivity index (χ3n) is 3.89. The van der Waals surface area contributed by atoms with Crippen LogP contribution >= 0.6 is 27.3 Å². The van der Waals surface area contributed by atoms with Gasteiger partial charge >= 0.3 is 0 Å². The van der Waals surface area contributed by atoms with Gasteiger partial charge in [0.2, 0.25) is 0 Å². The van der Waals surface area contributed by atoms with Crippen molar-refractivity contribution in [2.45, 2.75) is 0 Å². The highest BCUT2D eigenvalue weighted by Gasteiger charge is 2.13. The third-order valence-corrected chi connectivity index (χ3v) is 5.32. The fourth-order valence-electron chi connectivity index (χ4n) is 2.50. The number of rotatable bonds is 5. The van der Waals surface area contributed by atoms with Gasteiger partial charge in [-0.25, -0.2) is 19.3 Å². The smallest absolute Gasteiger partial charge is 0.189 e. The molecule has 0 aliphatic carbocycles. The highest BCUT2D eigenvalue weighted by molar-refractivity contribution is 9.10. The van der Waals surface area contributed by atoms with Gasteiger partial charge in [-0.05, 0) is 36.4 Å². The number of benzene rings is 2. The van der Waals surface area contributed by atoms with E-state index in [-0.39, 0.29) is 11.4 Å². The van der Waals surface area contributed by atoms with Crippen molar-refractivity contribution >= 4 is 65.6 Å². The monoisotopic (exact) mass is 460 g/mol. The molecular formula is C18H14BrFN6OS. The van der Waals surface area contributed by atoms with Crippen LogP contribution in [-0.2, 0) is 0 Å². The molecule has 0 aliphatic heterocycles. The second-order valence-electron chi connectivity index (χ2n) is 5.71. The Kier molecular flexibility index (Phi) is 4.97. The molecular weight excluding hydrogens is 447 g/mol. The van der Waals surface area contributed by atoms with Crippen LogP contribution in [-0.4, -0.2) is 22.1 Å². The van der Waals surface area contributed by atoms with Crippen molar-refractivity contribution in [3.8, 4) is 5.75 Å². The number of thiazole rings is 1. The summed E-state index contributed by atoms with van der Waals surface area (Å²) in [7, 11) is 1.62. The second-order valence-corrected chi connectivity index (χ2v) is 7.66. The van der Waals surface area contributed by atoms with Gasteiger partial charge in [0.15, 0.2) is 16.8 Å². The quantitative estimate of drug-likeness (QED) is 0.382. The van der Waals surface area contributed by atoms with Crippen LogP contribution in [0.3, 0.4) is 0 Å². The van der Waals surface area contributed by atoms with E-state index in [9.17, 15) is 4.39 Å². The van der Waals surface area contributed by atoms with E-state index < -0.39 is 5.82 Å². The first-order valence-electron chi connectivity index (χ1n) is 8.07. The fraction of sp³-hybridized carbons (Fsp3) is 0.0556. The van der Waals surface area contributed by atoms with Gasteiger partial charge in [0.1, 0.15) is 23.6 Å². The lowest BCUT2D eigenvalue weighted by Gasteiger charge is -2.12. The van der Waals surface area contributed by atoms with Gasteiger partial charge in [0.25, 0.3) is 0 Å². The summed E-state index contributed by atoms with van der Waals surface area (Å²) in [6.07, 6.45) is 1.34. The van der Waals surface area contributed by atoms with Crippen LogP contribution in [0.5, 0.6) is 5.75 Å². The van der Waals surface area contributed by atoms with E-state index in [0.29, 0.717) is 21.2 Å². The minimum absolute atomic E-state index is 0.252. The molecule has 2 aromatic heterocycles. The number of nitrogen functional groups attached to an aromatic ring is 1. The van der Waals surface area contributed by atoms with Crippen molar-refractivity contribution in [3.05, 3.63) is 53.0 Å². The van der Waals surface area contributed by atoms with Crippen molar-refractivity contribution in [2.24, 2.45) is 0 Å². The average molecular weight is 461 g/mol. The maximum absolute atomic E-state index is 14.1. The Balaban J connectivity index is 1.61. The summed E-state index contributed by atoms with van der Waals surface area (Å²) in [5.41, 5.74) is 7.51. The number of nitrogens with one attached hydrogen (secondary N) is 2. The molecule has 0 spiro atoms. The summed E-state index contributed by atoms with van der Waals surface area (Å²) in [5, 5.41) is 6.61. The Hall–Kier alpha value is -2.98. The van der Waals surface area contributed by atoms with Crippen LogP contribution < -0.4 is 21.1 Å². The van der Waals surface area contributed by atoms with Crippen LogP contribution in [0.4, 0.5) is 32.5 Å². The second kappa shape index (κ2) is 7.56. The van der Waals surface area contributed by atoms with Gasteiger partial charge in [0.05, 0.1) is 23.0 Å². The van der Waals surface area contributed by atoms with Gasteiger partial charge in [-0.15, -0.1) is 0 Å². The van der Waals surface area contributed by atoms with E-state index >= 15 is 0 Å². The summed E-state index contributed by atoms with van der Waals surface area (Å²) in [5.74, 6) is 0.997. The lowest BCUT2D eigenvalue weighted by atomic mass is 10.3. The van der Waals surface area contributed by atoms with E-state index in [0.717, 1.165) is 16.0 Å². The third kappa shape index (κ3) is 3.69. The van der Waals surface area contributed by atoms with Crippen LogP contribution in [0.1, 0.15) is 0 Å². The molecule has 2 aromatic carbocycles. The molecule has 4 N–H and O–H groups in total. The molecule has 0 unspecified atom stereocenters. The first-order chi connectivity index (χ1) is 13.5. The fourth-order valence-corrected chi connectivity index (χ4v) is 3.73. The Morgan fingerprint density at radius 2 is 1.89 bits per heavy atom. The van der Waals surface area contributed by atoms with Crippen molar-refractivity contribution in [1.82, 2.24) is 15.0 Å². The number of aromatic nitrogens is 3. The minimum Gasteiger partial charge on any atom is -0.497 e. The van der Waals surface area contributed by atoms with Gasteiger partial charge in [-0.2, -0.15) is 0 Å². The molecule has 10 heteroatoms. The zero-order valence-corrected chi connectivity index (χ0v) is 16.9. The maximum Gasteiger partial charge on any atom is 0.189 e. The number of methoxy groups -OCH3 is 1. The van der Waals surface area contributed by atoms with Crippen LogP contribution in [0.2, 0.25) is 0 Å². The summed E-state index contributed by atoms with van der Waals surface area (Å²) in [6.45, 7) is 0. The summed E-state index contributed by atoms with van der Waals surface area (Å²) in [4.78, 5) is 12.8. The van der Waals surface area contributed by atoms with E-state index in [4.69, 9.17) is 10.5 Å². The molecule has 0 aliphatic rings. The number of nitrogens with two attached hydrogens (primary N) is 1. The molecule has 0 saturated carbocycles. The highest BCUT2D eigenvalue weighted by Crippen LogP contribution is 2.34. The van der Waals surface area contributed by atoms with E-state index in [1.807, 2.05) is 18.2 Å². The molecule has 4 aromatic rings. The Bertz CT molecular complexity index is 1170. The first kappa shape index (κ1) is 18.4. The molecule has 0 amide bonds. The molecule has 0 atom stereocenters. The molecule has 0 saturated heterocycles. The molecule has 0 radical (unpaired) electrons. The summed E-state index contributed by atoms with van der Waals surface area (Å²) < 4.78 is 20.9. The van der Waals surface area contributed by atoms with Crippen LogP contribution in [0, 0.1) is 5.82 Å². The normalized spacial score (nSPS) is 10.8. The van der Waals surface area contributed by atoms with Crippen molar-refractivity contribution in [2.75, 3.05) is 23.5 Å². The number of halogens is 2. The predicted molar refractivity (Wildman–Crippen MR) is 113 cm³/mol. The Labute approximate surface area is 171 Å². The molecule has 0 fully saturated rings. The minimum atomic E-state index is -0.429. The average Bonchev–Trinajstić information content (AvgIpc) is 3.08. The summed E-state index contributed by atoms with van der Waals surface area (Å²) in [6, 6.07) is 10.3. The maximum atomic E-state index is 14.1. The number of hydrogen-bond acceptors (Lipinski definition) is 8. The van der Waals surface area contributed by atoms with E-state index in [2.05, 4.69) is 41.5 Å². The van der Waals surface area contributed by atoms with Gasteiger partial charge in [-0.1, -0.05) is 27.3 Å². The molecule has 142 valence electrons. The van der Waals surface area contributed by atoms with Crippen LogP contribution in [0.15, 0.2) is 47.2 Å². The molecule has 7 nitrogen and oxygen atoms in total. The zero-order valence-electron chi connectivity index (χ0n) is 14.5. The molecule has 0 bridgehead atoms. The number of hydrogen-bond donors (Lipinski definition) is 3. The lowest BCUT2D eigenvalue weighted by molar-refractivity contribution is 0.415. The number of fused-ring (bicyclic) bond motifs is 1. The SMILES string of the molecule is COc1ccc2nc(Nc3ncnc(Nc4ccc(Br)cc4F)c3N)sc2c1. The molecule has 4 rings (SSSR count). The Morgan fingerprint density at radius 1 is 1.11 bits per heavy atom. The zero-order chi connectivity index (χ0) is 19.7. The van der Waals surface area contributed by atoms with Gasteiger partial charge in [0, 0.05) is 4.47 Å². The van der Waals surface area contributed by atoms with Crippen molar-refractivity contribution in [1.29, 1.82) is 0 Å². The first-order valence-corrected chi connectivity index (χ1v) is 9.68. The number of ether oxygens (including phenoxy) is 1. The summed E-state index contributed by atoms with van der Waals surface area (Å²) >= 11 is 4.67. The lowest BCUT2D eigenvalue weighted by Crippen LogP contribution is -2.05. The standard InChI is InChI=1S/C18H14BrFN6OS/c1-27-10-3-5-13-14(7-10)28-18(25-13)26-17-15(21)16(22-8-23-17)24-12-4-2-9(19)6-11(12)20/h2-8H,21H2,1H3,(H2,22,23,24,25,26). The molecule has 2 heterocycles. The highest BCUT2D eigenvalue weighted by atomic mass is 79.9. The van der Waals surface area contributed by atoms with Crippen molar-refractivity contribution in [3.63, 3.8) is 0 Å². The van der Waals surface area contributed by atoms with Gasteiger partial charge in [-0.3, -0.25) is 0 Å². The molecule has 28 heavy (non-hydrogen) atoms. The number of nitrogens with zero attached hydrogens (tertiary/aromatic N) is 3. The Morgan fingerprint density at radius 3 is 2.64 bits per heavy atom. The van der Waals surface area contributed by atoms with Crippen molar-refractivity contribution < 1.29 is 9.13 Å². The number of anilines is 5. The predicted octanol–water partition coefficient (Wildman–Crippen LogP) is 5.07. The van der Waals surface area contributed by atoms with Gasteiger partial charge < -0.3 is 21.1 Å². The largest absolute Gasteiger partial charge is 0.497 e.